The molecule has 82 valence electrons. The van der Waals surface area contributed by atoms with Gasteiger partial charge in [-0.1, -0.05) is 6.58 Å². The molecular formula is C9H17NO4. The second kappa shape index (κ2) is 8.52. The minimum Gasteiger partial charge on any atom is -0.499 e. The van der Waals surface area contributed by atoms with Crippen molar-refractivity contribution >= 4 is 5.97 Å². The van der Waals surface area contributed by atoms with Gasteiger partial charge in [-0.05, 0) is 6.92 Å². The Morgan fingerprint density at radius 3 is 2.79 bits per heavy atom. The smallest absolute Gasteiger partial charge is 0.336 e. The lowest BCUT2D eigenvalue weighted by Gasteiger charge is -2.13. The minimum absolute atomic E-state index is 0.104. The lowest BCUT2D eigenvalue weighted by Crippen LogP contribution is -2.34. The molecule has 5 nitrogen and oxygen atoms in total. The molecule has 0 amide bonds. The maximum absolute atomic E-state index is 11.1. The van der Waals surface area contributed by atoms with E-state index in [2.05, 4.69) is 6.58 Å². The molecule has 0 radical (unpaired) electrons. The number of carbonyl (C=O) groups excluding carboxylic acids is 1. The molecule has 5 heteroatoms. The summed E-state index contributed by atoms with van der Waals surface area (Å²) in [5.74, 6) is -0.436. The number of ether oxygens (including phenoxy) is 3. The molecule has 14 heavy (non-hydrogen) atoms. The van der Waals surface area contributed by atoms with Crippen LogP contribution in [0.25, 0.3) is 0 Å². The molecule has 0 spiro atoms. The Labute approximate surface area is 83.8 Å². The third-order valence-corrected chi connectivity index (χ3v) is 1.40. The van der Waals surface area contributed by atoms with Crippen LogP contribution in [0.2, 0.25) is 0 Å². The van der Waals surface area contributed by atoms with Gasteiger partial charge in [0.25, 0.3) is 0 Å². The van der Waals surface area contributed by atoms with Crippen LogP contribution in [0.4, 0.5) is 0 Å². The Kier molecular flexibility index (Phi) is 7.87. The maximum Gasteiger partial charge on any atom is 0.336 e. The zero-order valence-corrected chi connectivity index (χ0v) is 8.40. The molecule has 1 atom stereocenters. The van der Waals surface area contributed by atoms with Crippen molar-refractivity contribution in [3.05, 3.63) is 12.8 Å². The topological polar surface area (TPSA) is 70.8 Å². The van der Waals surface area contributed by atoms with Crippen molar-refractivity contribution in [3.63, 3.8) is 0 Å². The van der Waals surface area contributed by atoms with E-state index < -0.39 is 12.1 Å². The van der Waals surface area contributed by atoms with E-state index in [0.29, 0.717) is 13.2 Å². The third kappa shape index (κ3) is 5.55. The Hall–Kier alpha value is -1.07. The van der Waals surface area contributed by atoms with Crippen LogP contribution in [-0.4, -0.2) is 38.4 Å². The Bertz CT molecular complexity index is 172. The molecular weight excluding hydrogens is 186 g/mol. The minimum atomic E-state index is -0.705. The molecule has 0 aliphatic rings. The highest BCUT2D eigenvalue weighted by Crippen LogP contribution is 1.94. The molecule has 0 aliphatic heterocycles. The molecule has 2 N–H and O–H groups in total. The van der Waals surface area contributed by atoms with Crippen LogP contribution in [0.15, 0.2) is 12.8 Å². The Morgan fingerprint density at radius 1 is 1.57 bits per heavy atom. The Morgan fingerprint density at radius 2 is 2.29 bits per heavy atom. The number of hydrogen-bond acceptors (Lipinski definition) is 5. The van der Waals surface area contributed by atoms with Crippen molar-refractivity contribution in [1.29, 1.82) is 0 Å². The molecule has 0 bridgehead atoms. The molecule has 0 fully saturated rings. The van der Waals surface area contributed by atoms with E-state index >= 15 is 0 Å². The fourth-order valence-corrected chi connectivity index (χ4v) is 0.789. The predicted octanol–water partition coefficient (Wildman–Crippen LogP) is 0.0535. The number of esters is 1. The lowest BCUT2D eigenvalue weighted by atomic mass is 10.3. The van der Waals surface area contributed by atoms with E-state index in [1.165, 1.54) is 6.26 Å². The molecule has 0 aromatic rings. The molecule has 0 rings (SSSR count). The van der Waals surface area contributed by atoms with Crippen molar-refractivity contribution in [1.82, 2.24) is 0 Å². The van der Waals surface area contributed by atoms with Gasteiger partial charge in [-0.2, -0.15) is 0 Å². The van der Waals surface area contributed by atoms with Crippen LogP contribution in [-0.2, 0) is 19.0 Å². The fourth-order valence-electron chi connectivity index (χ4n) is 0.789. The molecule has 0 aliphatic carbocycles. The fraction of sp³-hybridized carbons (Fsp3) is 0.667. The standard InChI is InChI=1S/C9H17NO4/c1-3-12-5-6-14-8(7-10)9(11)13-4-2/h3,8H,1,4-7,10H2,2H3. The van der Waals surface area contributed by atoms with Gasteiger partial charge in [-0.3, -0.25) is 0 Å². The molecule has 1 unspecified atom stereocenters. The van der Waals surface area contributed by atoms with Gasteiger partial charge in [0.2, 0.25) is 0 Å². The summed E-state index contributed by atoms with van der Waals surface area (Å²) in [7, 11) is 0. The second-order valence-electron chi connectivity index (χ2n) is 2.38. The lowest BCUT2D eigenvalue weighted by molar-refractivity contribution is -0.156. The van der Waals surface area contributed by atoms with Gasteiger partial charge < -0.3 is 19.9 Å². The van der Waals surface area contributed by atoms with E-state index in [0.717, 1.165) is 0 Å². The third-order valence-electron chi connectivity index (χ3n) is 1.40. The summed E-state index contributed by atoms with van der Waals surface area (Å²) in [5.41, 5.74) is 5.33. The van der Waals surface area contributed by atoms with Crippen molar-refractivity contribution < 1.29 is 19.0 Å². The van der Waals surface area contributed by atoms with E-state index in [1.54, 1.807) is 6.92 Å². The highest BCUT2D eigenvalue weighted by molar-refractivity contribution is 5.74. The maximum atomic E-state index is 11.1. The van der Waals surface area contributed by atoms with E-state index in [-0.39, 0.29) is 13.2 Å². The SMILES string of the molecule is C=COCCOC(CN)C(=O)OCC. The molecule has 0 aromatic carbocycles. The monoisotopic (exact) mass is 203 g/mol. The van der Waals surface area contributed by atoms with Gasteiger partial charge in [0.05, 0.1) is 19.5 Å². The molecule has 0 saturated heterocycles. The van der Waals surface area contributed by atoms with Crippen LogP contribution >= 0.6 is 0 Å². The number of rotatable bonds is 8. The van der Waals surface area contributed by atoms with Crippen LogP contribution in [0.1, 0.15) is 6.92 Å². The van der Waals surface area contributed by atoms with Gasteiger partial charge in [-0.15, -0.1) is 0 Å². The zero-order chi connectivity index (χ0) is 10.8. The predicted molar refractivity (Wildman–Crippen MR) is 51.6 cm³/mol. The molecule has 0 heterocycles. The van der Waals surface area contributed by atoms with E-state index in [9.17, 15) is 4.79 Å². The van der Waals surface area contributed by atoms with Crippen LogP contribution < -0.4 is 5.73 Å². The molecule has 0 aromatic heterocycles. The first-order chi connectivity index (χ1) is 6.76. The van der Waals surface area contributed by atoms with Gasteiger partial charge in [0.1, 0.15) is 6.61 Å². The van der Waals surface area contributed by atoms with E-state index in [4.69, 9.17) is 19.9 Å². The Balaban J connectivity index is 3.66. The van der Waals surface area contributed by atoms with Crippen LogP contribution in [0.5, 0.6) is 0 Å². The summed E-state index contributed by atoms with van der Waals surface area (Å²) in [4.78, 5) is 11.1. The number of nitrogens with two attached hydrogens (primary N) is 1. The first-order valence-corrected chi connectivity index (χ1v) is 4.47. The van der Waals surface area contributed by atoms with Crippen molar-refractivity contribution in [2.45, 2.75) is 13.0 Å². The highest BCUT2D eigenvalue weighted by Gasteiger charge is 2.17. The normalized spacial score (nSPS) is 11.9. The first kappa shape index (κ1) is 12.9. The second-order valence-corrected chi connectivity index (χ2v) is 2.38. The van der Waals surface area contributed by atoms with Crippen LogP contribution in [0, 0.1) is 0 Å². The summed E-state index contributed by atoms with van der Waals surface area (Å²) in [6, 6.07) is 0. The average Bonchev–Trinajstić information content (AvgIpc) is 2.18. The van der Waals surface area contributed by atoms with Crippen LogP contribution in [0.3, 0.4) is 0 Å². The van der Waals surface area contributed by atoms with Crippen molar-refractivity contribution in [2.24, 2.45) is 5.73 Å². The summed E-state index contributed by atoms with van der Waals surface area (Å²) in [6.45, 7) is 6.15. The van der Waals surface area contributed by atoms with Gasteiger partial charge in [0, 0.05) is 6.54 Å². The summed E-state index contributed by atoms with van der Waals surface area (Å²) < 4.78 is 14.7. The van der Waals surface area contributed by atoms with Gasteiger partial charge in [-0.25, -0.2) is 4.79 Å². The summed E-state index contributed by atoms with van der Waals surface area (Å²) in [6.07, 6.45) is 0.605. The first-order valence-electron chi connectivity index (χ1n) is 4.47. The van der Waals surface area contributed by atoms with Crippen molar-refractivity contribution in [3.8, 4) is 0 Å². The highest BCUT2D eigenvalue weighted by atomic mass is 16.6. The largest absolute Gasteiger partial charge is 0.499 e. The quantitative estimate of drug-likeness (QED) is 0.343. The average molecular weight is 203 g/mol. The van der Waals surface area contributed by atoms with Gasteiger partial charge in [0.15, 0.2) is 6.10 Å². The number of carbonyl (C=O) groups is 1. The van der Waals surface area contributed by atoms with Gasteiger partial charge >= 0.3 is 5.97 Å². The summed E-state index contributed by atoms with van der Waals surface area (Å²) in [5, 5.41) is 0. The zero-order valence-electron chi connectivity index (χ0n) is 8.40. The van der Waals surface area contributed by atoms with E-state index in [1.807, 2.05) is 0 Å². The van der Waals surface area contributed by atoms with Crippen molar-refractivity contribution in [2.75, 3.05) is 26.4 Å². The number of hydrogen-bond donors (Lipinski definition) is 1. The summed E-state index contributed by atoms with van der Waals surface area (Å²) >= 11 is 0. The molecule has 0 saturated carbocycles.